The molecule has 0 spiro atoms. The number of piperidine rings is 1. The summed E-state index contributed by atoms with van der Waals surface area (Å²) in [5.74, 6) is 2.92. The first-order valence-corrected chi connectivity index (χ1v) is 9.35. The molecule has 0 radical (unpaired) electrons. The second kappa shape index (κ2) is 6.70. The molecule has 1 saturated heterocycles. The predicted octanol–water partition coefficient (Wildman–Crippen LogP) is 2.42. The lowest BCUT2D eigenvalue weighted by molar-refractivity contribution is -0.136. The number of amides is 1. The Morgan fingerprint density at radius 2 is 2.04 bits per heavy atom. The van der Waals surface area contributed by atoms with Crippen LogP contribution >= 0.6 is 0 Å². The second-order valence-corrected chi connectivity index (χ2v) is 7.60. The van der Waals surface area contributed by atoms with Gasteiger partial charge in [0.25, 0.3) is 0 Å². The molecule has 1 aliphatic carbocycles. The first kappa shape index (κ1) is 17.0. The lowest BCUT2D eigenvalue weighted by atomic mass is 9.85. The number of nitrogens with zero attached hydrogens (tertiary/aromatic N) is 5. The van der Waals surface area contributed by atoms with Gasteiger partial charge < -0.3 is 10.2 Å². The number of nitrogens with one attached hydrogen (secondary N) is 1. The fourth-order valence-electron chi connectivity index (χ4n) is 3.86. The third-order valence-electron chi connectivity index (χ3n) is 5.41. The summed E-state index contributed by atoms with van der Waals surface area (Å²) in [4.78, 5) is 23.4. The number of anilines is 1. The standard InChI is InChI=1S/C19H26N6O/c1-12-8-16(23-19(22-12)13-4-5-13)20-9-14-6-7-17(26)25(3)18(14)15-10-21-24(2)11-15/h8,10-11,13-14,18H,4-7,9H2,1-3H3,(H,20,22,23)/t14-,18+/m1/s1. The van der Waals surface area contributed by atoms with Crippen LogP contribution < -0.4 is 5.32 Å². The summed E-state index contributed by atoms with van der Waals surface area (Å²) in [5.41, 5.74) is 2.09. The lowest BCUT2D eigenvalue weighted by Gasteiger charge is -2.38. The fourth-order valence-corrected chi connectivity index (χ4v) is 3.86. The molecule has 1 amide bonds. The van der Waals surface area contributed by atoms with Gasteiger partial charge in [0.2, 0.25) is 5.91 Å². The molecule has 0 unspecified atom stereocenters. The Kier molecular flexibility index (Phi) is 4.38. The topological polar surface area (TPSA) is 75.9 Å². The van der Waals surface area contributed by atoms with Crippen LogP contribution in [0.3, 0.4) is 0 Å². The van der Waals surface area contributed by atoms with Gasteiger partial charge in [-0.3, -0.25) is 9.48 Å². The van der Waals surface area contributed by atoms with Crippen molar-refractivity contribution in [3.8, 4) is 0 Å². The highest BCUT2D eigenvalue weighted by atomic mass is 16.2. The van der Waals surface area contributed by atoms with Gasteiger partial charge >= 0.3 is 0 Å². The van der Waals surface area contributed by atoms with E-state index in [4.69, 9.17) is 4.98 Å². The summed E-state index contributed by atoms with van der Waals surface area (Å²) in [6.07, 6.45) is 7.73. The normalized spacial score (nSPS) is 23.3. The maximum absolute atomic E-state index is 12.2. The van der Waals surface area contributed by atoms with Crippen molar-refractivity contribution in [2.45, 2.75) is 44.6 Å². The van der Waals surface area contributed by atoms with Crippen molar-refractivity contribution in [2.24, 2.45) is 13.0 Å². The van der Waals surface area contributed by atoms with Crippen molar-refractivity contribution in [1.82, 2.24) is 24.6 Å². The van der Waals surface area contributed by atoms with Crippen LogP contribution in [-0.2, 0) is 11.8 Å². The SMILES string of the molecule is Cc1cc(NC[C@H]2CCC(=O)N(C)[C@@H]2c2cnn(C)c2)nc(C2CC2)n1. The van der Waals surface area contributed by atoms with E-state index >= 15 is 0 Å². The maximum Gasteiger partial charge on any atom is 0.222 e. The van der Waals surface area contributed by atoms with Gasteiger partial charge in [-0.25, -0.2) is 9.97 Å². The molecule has 0 aromatic carbocycles. The number of aromatic nitrogens is 4. The molecular weight excluding hydrogens is 328 g/mol. The minimum absolute atomic E-state index is 0.0447. The highest BCUT2D eigenvalue weighted by molar-refractivity contribution is 5.77. The molecule has 7 nitrogen and oxygen atoms in total. The van der Waals surface area contributed by atoms with Gasteiger partial charge in [-0.1, -0.05) is 0 Å². The van der Waals surface area contributed by atoms with E-state index in [9.17, 15) is 4.79 Å². The highest BCUT2D eigenvalue weighted by Gasteiger charge is 2.35. The summed E-state index contributed by atoms with van der Waals surface area (Å²) in [6.45, 7) is 2.79. The molecule has 2 aliphatic rings. The number of hydrogen-bond acceptors (Lipinski definition) is 5. The van der Waals surface area contributed by atoms with Crippen molar-refractivity contribution in [3.63, 3.8) is 0 Å². The third kappa shape index (κ3) is 3.43. The van der Waals surface area contributed by atoms with Crippen LogP contribution in [0.4, 0.5) is 5.82 Å². The number of carbonyl (C=O) groups excluding carboxylic acids is 1. The highest BCUT2D eigenvalue weighted by Crippen LogP contribution is 2.39. The first-order chi connectivity index (χ1) is 12.5. The summed E-state index contributed by atoms with van der Waals surface area (Å²) >= 11 is 0. The smallest absolute Gasteiger partial charge is 0.222 e. The Morgan fingerprint density at radius 3 is 2.73 bits per heavy atom. The average Bonchev–Trinajstić information content (AvgIpc) is 3.37. The van der Waals surface area contributed by atoms with Gasteiger partial charge in [0.05, 0.1) is 12.2 Å². The molecular formula is C19H26N6O. The zero-order valence-corrected chi connectivity index (χ0v) is 15.6. The van der Waals surface area contributed by atoms with Gasteiger partial charge in [-0.05, 0) is 26.2 Å². The molecule has 1 aliphatic heterocycles. The van der Waals surface area contributed by atoms with Crippen LogP contribution in [0.5, 0.6) is 0 Å². The quantitative estimate of drug-likeness (QED) is 0.892. The molecule has 2 fully saturated rings. The van der Waals surface area contributed by atoms with Crippen LogP contribution in [0, 0.1) is 12.8 Å². The van der Waals surface area contributed by atoms with Crippen molar-refractivity contribution < 1.29 is 4.79 Å². The van der Waals surface area contributed by atoms with Gasteiger partial charge in [0.1, 0.15) is 11.6 Å². The molecule has 4 rings (SSSR count). The van der Waals surface area contributed by atoms with E-state index in [1.54, 1.807) is 4.68 Å². The van der Waals surface area contributed by atoms with Crippen LogP contribution in [-0.4, -0.2) is 44.1 Å². The Morgan fingerprint density at radius 1 is 1.23 bits per heavy atom. The van der Waals surface area contributed by atoms with E-state index in [0.29, 0.717) is 18.3 Å². The number of hydrogen-bond donors (Lipinski definition) is 1. The van der Waals surface area contributed by atoms with E-state index in [1.165, 1.54) is 12.8 Å². The minimum Gasteiger partial charge on any atom is -0.370 e. The van der Waals surface area contributed by atoms with E-state index in [-0.39, 0.29) is 11.9 Å². The molecule has 26 heavy (non-hydrogen) atoms. The number of likely N-dealkylation sites (tertiary alicyclic amines) is 1. The maximum atomic E-state index is 12.2. The Hall–Kier alpha value is -2.44. The zero-order chi connectivity index (χ0) is 18.3. The molecule has 0 bridgehead atoms. The molecule has 2 aromatic rings. The monoisotopic (exact) mass is 354 g/mol. The third-order valence-corrected chi connectivity index (χ3v) is 5.41. The van der Waals surface area contributed by atoms with Gasteiger partial charge in [-0.2, -0.15) is 5.10 Å². The van der Waals surface area contributed by atoms with Crippen molar-refractivity contribution >= 4 is 11.7 Å². The van der Waals surface area contributed by atoms with Crippen LogP contribution in [0.15, 0.2) is 18.5 Å². The van der Waals surface area contributed by atoms with E-state index in [1.807, 2.05) is 44.4 Å². The summed E-state index contributed by atoms with van der Waals surface area (Å²) in [5, 5.41) is 7.80. The van der Waals surface area contributed by atoms with E-state index < -0.39 is 0 Å². The van der Waals surface area contributed by atoms with Gasteiger partial charge in [-0.15, -0.1) is 0 Å². The van der Waals surface area contributed by atoms with E-state index in [0.717, 1.165) is 35.9 Å². The molecule has 7 heteroatoms. The average molecular weight is 354 g/mol. The van der Waals surface area contributed by atoms with Crippen molar-refractivity contribution in [2.75, 3.05) is 18.9 Å². The fraction of sp³-hybridized carbons (Fsp3) is 0.579. The second-order valence-electron chi connectivity index (χ2n) is 7.60. The molecule has 2 atom stereocenters. The number of rotatable bonds is 5. The van der Waals surface area contributed by atoms with Crippen molar-refractivity contribution in [1.29, 1.82) is 0 Å². The number of aryl methyl sites for hydroxylation is 2. The Bertz CT molecular complexity index is 812. The van der Waals surface area contributed by atoms with Crippen LogP contribution in [0.1, 0.15) is 54.7 Å². The van der Waals surface area contributed by atoms with Crippen molar-refractivity contribution in [3.05, 3.63) is 35.5 Å². The van der Waals surface area contributed by atoms with E-state index in [2.05, 4.69) is 15.4 Å². The predicted molar refractivity (Wildman–Crippen MR) is 98.7 cm³/mol. The Balaban J connectivity index is 1.51. The largest absolute Gasteiger partial charge is 0.370 e. The molecule has 2 aromatic heterocycles. The minimum atomic E-state index is 0.0447. The summed E-state index contributed by atoms with van der Waals surface area (Å²) in [7, 11) is 3.80. The first-order valence-electron chi connectivity index (χ1n) is 9.35. The molecule has 138 valence electrons. The van der Waals surface area contributed by atoms with Gasteiger partial charge in [0.15, 0.2) is 0 Å². The van der Waals surface area contributed by atoms with Gasteiger partial charge in [0, 0.05) is 62.4 Å². The Labute approximate surface area is 153 Å². The number of carbonyl (C=O) groups is 1. The zero-order valence-electron chi connectivity index (χ0n) is 15.6. The van der Waals surface area contributed by atoms with Crippen LogP contribution in [0.25, 0.3) is 0 Å². The van der Waals surface area contributed by atoms with Crippen LogP contribution in [0.2, 0.25) is 0 Å². The lowest BCUT2D eigenvalue weighted by Crippen LogP contribution is -2.42. The molecule has 1 saturated carbocycles. The summed E-state index contributed by atoms with van der Waals surface area (Å²) in [6, 6.07) is 2.05. The molecule has 3 heterocycles. The summed E-state index contributed by atoms with van der Waals surface area (Å²) < 4.78 is 1.79. The molecule has 1 N–H and O–H groups in total.